The molecule has 138 valence electrons. The molecule has 0 aliphatic heterocycles. The molecule has 1 heterocycles. The van der Waals surface area contributed by atoms with E-state index in [9.17, 15) is 4.39 Å². The van der Waals surface area contributed by atoms with Gasteiger partial charge in [0, 0.05) is 34.2 Å². The van der Waals surface area contributed by atoms with Gasteiger partial charge in [-0.25, -0.2) is 4.39 Å². The Bertz CT molecular complexity index is 952. The highest BCUT2D eigenvalue weighted by atomic mass is 19.1. The summed E-state index contributed by atoms with van der Waals surface area (Å²) in [5, 5.41) is 8.65. The van der Waals surface area contributed by atoms with Gasteiger partial charge in [-0.05, 0) is 61.2 Å². The van der Waals surface area contributed by atoms with Crippen molar-refractivity contribution in [1.82, 2.24) is 4.57 Å². The van der Waals surface area contributed by atoms with Crippen LogP contribution in [0, 0.1) is 25.1 Å². The van der Waals surface area contributed by atoms with Crippen LogP contribution in [0.25, 0.3) is 16.6 Å². The van der Waals surface area contributed by atoms with Gasteiger partial charge in [-0.15, -0.1) is 0 Å². The largest absolute Gasteiger partial charge is 0.398 e. The fourth-order valence-corrected chi connectivity index (χ4v) is 3.40. The zero-order chi connectivity index (χ0) is 19.6. The highest BCUT2D eigenvalue weighted by Crippen LogP contribution is 2.35. The predicted octanol–water partition coefficient (Wildman–Crippen LogP) is 6.12. The molecule has 0 atom stereocenters. The van der Waals surface area contributed by atoms with Crippen molar-refractivity contribution in [2.24, 2.45) is 0 Å². The molecule has 0 spiro atoms. The van der Waals surface area contributed by atoms with Gasteiger partial charge < -0.3 is 15.7 Å². The molecule has 0 fully saturated rings. The Morgan fingerprint density at radius 3 is 2.31 bits per heavy atom. The smallest absolute Gasteiger partial charge is 0.126 e. The number of aryl methyl sites for hydroxylation is 2. The summed E-state index contributed by atoms with van der Waals surface area (Å²) in [4.78, 5) is 0. The second kappa shape index (κ2) is 7.73. The molecule has 0 radical (unpaired) electrons. The van der Waals surface area contributed by atoms with E-state index in [4.69, 9.17) is 11.1 Å². The minimum atomic E-state index is -0.206. The van der Waals surface area contributed by atoms with Crippen LogP contribution in [0.2, 0.25) is 0 Å². The average molecular weight is 353 g/mol. The monoisotopic (exact) mass is 353 g/mol. The van der Waals surface area contributed by atoms with Gasteiger partial charge in [-0.3, -0.25) is 0 Å². The van der Waals surface area contributed by atoms with Crippen LogP contribution in [0.4, 0.5) is 10.1 Å². The summed E-state index contributed by atoms with van der Waals surface area (Å²) >= 11 is 0. The SMILES string of the molecule is CC.Cc1cc(-n2c(C(C)C)c(C)c3cc(N)c(C=N)cc32)ccc1F. The molecule has 3 rings (SSSR count). The van der Waals surface area contributed by atoms with Gasteiger partial charge in [0.25, 0.3) is 0 Å². The third kappa shape index (κ3) is 3.24. The van der Waals surface area contributed by atoms with Crippen LogP contribution < -0.4 is 5.73 Å². The summed E-state index contributed by atoms with van der Waals surface area (Å²) in [7, 11) is 0. The van der Waals surface area contributed by atoms with E-state index in [0.29, 0.717) is 22.7 Å². The molecule has 0 amide bonds. The van der Waals surface area contributed by atoms with Gasteiger partial charge in [0.15, 0.2) is 0 Å². The molecule has 26 heavy (non-hydrogen) atoms. The van der Waals surface area contributed by atoms with Gasteiger partial charge in [0.05, 0.1) is 5.52 Å². The molecule has 1 aromatic heterocycles. The Kier molecular flexibility index (Phi) is 5.86. The molecule has 0 bridgehead atoms. The third-order valence-corrected chi connectivity index (χ3v) is 4.57. The quantitative estimate of drug-likeness (QED) is 0.433. The molecule has 0 saturated heterocycles. The van der Waals surface area contributed by atoms with E-state index in [1.54, 1.807) is 13.0 Å². The van der Waals surface area contributed by atoms with E-state index in [2.05, 4.69) is 25.3 Å². The molecule has 3 aromatic rings. The van der Waals surface area contributed by atoms with Crippen LogP contribution in [0.15, 0.2) is 30.3 Å². The molecule has 4 heteroatoms. The van der Waals surface area contributed by atoms with Gasteiger partial charge in [-0.1, -0.05) is 27.7 Å². The van der Waals surface area contributed by atoms with E-state index in [1.165, 1.54) is 23.5 Å². The van der Waals surface area contributed by atoms with E-state index in [0.717, 1.165) is 16.6 Å². The first kappa shape index (κ1) is 19.7. The van der Waals surface area contributed by atoms with Crippen LogP contribution >= 0.6 is 0 Å². The fourth-order valence-electron chi connectivity index (χ4n) is 3.40. The number of halogens is 1. The Morgan fingerprint density at radius 2 is 1.77 bits per heavy atom. The lowest BCUT2D eigenvalue weighted by Crippen LogP contribution is -2.04. The zero-order valence-electron chi connectivity index (χ0n) is 16.4. The summed E-state index contributed by atoms with van der Waals surface area (Å²) in [6.07, 6.45) is 1.27. The maximum atomic E-state index is 13.7. The van der Waals surface area contributed by atoms with E-state index < -0.39 is 0 Å². The topological polar surface area (TPSA) is 54.8 Å². The molecular weight excluding hydrogens is 325 g/mol. The van der Waals surface area contributed by atoms with E-state index >= 15 is 0 Å². The number of nitrogen functional groups attached to an aromatic ring is 1. The number of nitrogens with zero attached hydrogens (tertiary/aromatic N) is 1. The predicted molar refractivity (Wildman–Crippen MR) is 110 cm³/mol. The Morgan fingerprint density at radius 1 is 1.12 bits per heavy atom. The normalized spacial score (nSPS) is 10.8. The van der Waals surface area contributed by atoms with Crippen LogP contribution in [0.1, 0.15) is 56.0 Å². The molecule has 3 N–H and O–H groups in total. The standard InChI is InChI=1S/C20H22FN3.C2H6/c1-11(2)20-13(4)16-9-18(23)14(10-22)8-19(16)24(20)15-5-6-17(21)12(3)7-15;1-2/h5-11,22H,23H2,1-4H3;1-2H3. The molecule has 0 aliphatic carbocycles. The minimum absolute atomic E-state index is 0.206. The molecule has 2 aromatic carbocycles. The Balaban J connectivity index is 0.00000117. The average Bonchev–Trinajstić information content (AvgIpc) is 2.90. The van der Waals surface area contributed by atoms with Crippen LogP contribution in [-0.4, -0.2) is 10.8 Å². The van der Waals surface area contributed by atoms with E-state index in [1.807, 2.05) is 32.0 Å². The number of hydrogen-bond donors (Lipinski definition) is 2. The highest BCUT2D eigenvalue weighted by molar-refractivity contribution is 5.97. The third-order valence-electron chi connectivity index (χ3n) is 4.57. The second-order valence-corrected chi connectivity index (χ2v) is 6.58. The maximum Gasteiger partial charge on any atom is 0.126 e. The Hall–Kier alpha value is -2.62. The molecule has 3 nitrogen and oxygen atoms in total. The van der Waals surface area contributed by atoms with Crippen molar-refractivity contribution < 1.29 is 4.39 Å². The van der Waals surface area contributed by atoms with Crippen LogP contribution in [0.5, 0.6) is 0 Å². The Labute approximate surface area is 155 Å². The molecule has 0 saturated carbocycles. The van der Waals surface area contributed by atoms with Gasteiger partial charge in [0.2, 0.25) is 0 Å². The zero-order valence-corrected chi connectivity index (χ0v) is 16.4. The number of rotatable bonds is 3. The number of aromatic nitrogens is 1. The summed E-state index contributed by atoms with van der Waals surface area (Å²) in [6, 6.07) is 9.04. The molecule has 0 unspecified atom stereocenters. The van der Waals surface area contributed by atoms with Gasteiger partial charge in [-0.2, -0.15) is 0 Å². The molecular formula is C22H28FN3. The summed E-state index contributed by atoms with van der Waals surface area (Å²) < 4.78 is 15.9. The first-order valence-electron chi connectivity index (χ1n) is 9.06. The van der Waals surface area contributed by atoms with E-state index in [-0.39, 0.29) is 5.82 Å². The summed E-state index contributed by atoms with van der Waals surface area (Å²) in [5.74, 6) is 0.0925. The lowest BCUT2D eigenvalue weighted by molar-refractivity contribution is 0.618. The minimum Gasteiger partial charge on any atom is -0.398 e. The van der Waals surface area contributed by atoms with Crippen molar-refractivity contribution in [3.05, 3.63) is 58.5 Å². The van der Waals surface area contributed by atoms with Crippen LogP contribution in [0.3, 0.4) is 0 Å². The number of anilines is 1. The maximum absolute atomic E-state index is 13.7. The van der Waals surface area contributed by atoms with Crippen molar-refractivity contribution in [1.29, 1.82) is 5.41 Å². The second-order valence-electron chi connectivity index (χ2n) is 6.58. The number of benzene rings is 2. The lowest BCUT2D eigenvalue weighted by Gasteiger charge is -2.15. The number of hydrogen-bond acceptors (Lipinski definition) is 2. The summed E-state index contributed by atoms with van der Waals surface area (Å²) in [5.41, 5.74) is 12.3. The number of fused-ring (bicyclic) bond motifs is 1. The van der Waals surface area contributed by atoms with Crippen molar-refractivity contribution in [3.63, 3.8) is 0 Å². The first-order valence-corrected chi connectivity index (χ1v) is 9.06. The number of nitrogens with one attached hydrogen (secondary N) is 1. The fraction of sp³-hybridized carbons (Fsp3) is 0.318. The first-order chi connectivity index (χ1) is 12.3. The van der Waals surface area contributed by atoms with Gasteiger partial charge >= 0.3 is 0 Å². The highest BCUT2D eigenvalue weighted by Gasteiger charge is 2.19. The van der Waals surface area contributed by atoms with Crippen molar-refractivity contribution in [2.45, 2.75) is 47.5 Å². The van der Waals surface area contributed by atoms with Crippen molar-refractivity contribution in [3.8, 4) is 5.69 Å². The summed E-state index contributed by atoms with van der Waals surface area (Å²) in [6.45, 7) is 12.2. The van der Waals surface area contributed by atoms with Gasteiger partial charge in [0.1, 0.15) is 5.82 Å². The van der Waals surface area contributed by atoms with Crippen LogP contribution in [-0.2, 0) is 0 Å². The lowest BCUT2D eigenvalue weighted by atomic mass is 10.0. The van der Waals surface area contributed by atoms with Crippen molar-refractivity contribution in [2.75, 3.05) is 5.73 Å². The molecule has 0 aliphatic rings. The number of nitrogens with two attached hydrogens (primary N) is 1. The van der Waals surface area contributed by atoms with Crippen molar-refractivity contribution >= 4 is 22.8 Å².